The van der Waals surface area contributed by atoms with E-state index < -0.39 is 23.6 Å². The Bertz CT molecular complexity index is 1740. The van der Waals surface area contributed by atoms with Crippen molar-refractivity contribution in [2.45, 2.75) is 6.92 Å². The van der Waals surface area contributed by atoms with Gasteiger partial charge in [0.25, 0.3) is 11.8 Å². The highest BCUT2D eigenvalue weighted by molar-refractivity contribution is 7.80. The molecule has 2 N–H and O–H groups in total. The van der Waals surface area contributed by atoms with Crippen molar-refractivity contribution in [1.82, 2.24) is 10.4 Å². The van der Waals surface area contributed by atoms with E-state index in [0.29, 0.717) is 22.1 Å². The van der Waals surface area contributed by atoms with Crippen LogP contribution in [-0.4, -0.2) is 47.7 Å². The number of thiocarbonyl (C=S) groups is 1. The van der Waals surface area contributed by atoms with Crippen molar-refractivity contribution in [3.63, 3.8) is 0 Å². The van der Waals surface area contributed by atoms with E-state index in [2.05, 4.69) is 15.7 Å². The molecular weight excluding hydrogens is 598 g/mol. The van der Waals surface area contributed by atoms with E-state index in [9.17, 15) is 14.4 Å². The second-order valence-corrected chi connectivity index (χ2v) is 10.6. The Morgan fingerprint density at radius 3 is 2.34 bits per heavy atom. The van der Waals surface area contributed by atoms with Gasteiger partial charge in [0.1, 0.15) is 11.7 Å². The van der Waals surface area contributed by atoms with Crippen LogP contribution in [0.5, 0.6) is 5.75 Å². The van der Waals surface area contributed by atoms with Crippen molar-refractivity contribution < 1.29 is 19.1 Å². The summed E-state index contributed by atoms with van der Waals surface area (Å²) in [4.78, 5) is 46.3. The third-order valence-electron chi connectivity index (χ3n) is 6.98. The van der Waals surface area contributed by atoms with Gasteiger partial charge in [-0.05, 0) is 91.4 Å². The van der Waals surface area contributed by atoms with Crippen LogP contribution in [0.25, 0.3) is 0 Å². The maximum atomic E-state index is 13.7. The maximum absolute atomic E-state index is 13.7. The van der Waals surface area contributed by atoms with E-state index in [1.165, 1.54) is 4.90 Å². The van der Waals surface area contributed by atoms with Gasteiger partial charge < -0.3 is 10.1 Å². The number of carbonyl (C=O) groups excluding carboxylic acids is 3. The largest absolute Gasteiger partial charge is 0.496 e. The van der Waals surface area contributed by atoms with E-state index in [1.54, 1.807) is 61.9 Å². The molecule has 0 spiro atoms. The molecule has 3 amide bonds. The molecule has 0 saturated carbocycles. The van der Waals surface area contributed by atoms with Crippen molar-refractivity contribution in [3.8, 4) is 5.75 Å². The molecule has 5 rings (SSSR count). The molecule has 1 heterocycles. The molecule has 0 aliphatic carbocycles. The third-order valence-corrected chi connectivity index (χ3v) is 7.60. The van der Waals surface area contributed by atoms with Gasteiger partial charge in [-0.25, -0.2) is 0 Å². The number of hydrogen-bond donors (Lipinski definition) is 2. The molecule has 1 atom stereocenters. The minimum absolute atomic E-state index is 0.0134. The number of hydrogen-bond acceptors (Lipinski definition) is 7. The van der Waals surface area contributed by atoms with Crippen LogP contribution in [-0.2, 0) is 9.59 Å². The fourth-order valence-corrected chi connectivity index (χ4v) is 5.03. The highest BCUT2D eigenvalue weighted by Gasteiger charge is 2.45. The summed E-state index contributed by atoms with van der Waals surface area (Å²) in [6.07, 6.45) is 1.67. The average molecular weight is 626 g/mol. The summed E-state index contributed by atoms with van der Waals surface area (Å²) in [6, 6.07) is 28.0. The number of para-hydroxylation sites is 2. The molecule has 4 aromatic rings. The van der Waals surface area contributed by atoms with Crippen molar-refractivity contribution >= 4 is 69.9 Å². The van der Waals surface area contributed by atoms with E-state index in [1.807, 2.05) is 55.5 Å². The molecule has 4 aromatic carbocycles. The average Bonchev–Trinajstić information content (AvgIpc) is 3.04. The zero-order valence-electron chi connectivity index (χ0n) is 23.9. The number of benzene rings is 4. The van der Waals surface area contributed by atoms with E-state index in [4.69, 9.17) is 28.6 Å². The number of hydrazine groups is 1. The lowest BCUT2D eigenvalue weighted by molar-refractivity contribution is -0.140. The first-order chi connectivity index (χ1) is 21.3. The van der Waals surface area contributed by atoms with Crippen LogP contribution in [0.15, 0.2) is 102 Å². The van der Waals surface area contributed by atoms with E-state index in [-0.39, 0.29) is 17.2 Å². The highest BCUT2D eigenvalue weighted by atomic mass is 35.5. The monoisotopic (exact) mass is 625 g/mol. The molecule has 0 bridgehead atoms. The first-order valence-electron chi connectivity index (χ1n) is 13.6. The van der Waals surface area contributed by atoms with Gasteiger partial charge in [0.05, 0.1) is 18.5 Å². The lowest BCUT2D eigenvalue weighted by Crippen LogP contribution is -2.65. The Labute approximate surface area is 265 Å². The number of aliphatic imine (C=N–C) groups is 1. The Kier molecular flexibility index (Phi) is 9.32. The number of nitrogens with zero attached hydrogens (tertiary/aromatic N) is 3. The summed E-state index contributed by atoms with van der Waals surface area (Å²) in [6.45, 7) is 1.91. The SMILES string of the molecule is COc1ccccc1C=Nc1ccc(C(=O)NN2C(=O)C(CNc3ccccc3C)C(=O)N(c3ccc(Cl)cc3)C2=S)cc1. The Morgan fingerprint density at radius 2 is 1.64 bits per heavy atom. The molecule has 1 aliphatic heterocycles. The normalized spacial score (nSPS) is 15.1. The van der Waals surface area contributed by atoms with Gasteiger partial charge in [-0.15, -0.1) is 0 Å². The van der Waals surface area contributed by atoms with Gasteiger partial charge in [0, 0.05) is 34.6 Å². The van der Waals surface area contributed by atoms with Crippen molar-refractivity contribution in [2.75, 3.05) is 23.9 Å². The molecule has 44 heavy (non-hydrogen) atoms. The van der Waals surface area contributed by atoms with Gasteiger partial charge in [0.2, 0.25) is 11.0 Å². The summed E-state index contributed by atoms with van der Waals surface area (Å²) in [5, 5.41) is 4.43. The predicted octanol–water partition coefficient (Wildman–Crippen LogP) is 5.94. The number of carbonyl (C=O) groups is 3. The number of halogens is 1. The summed E-state index contributed by atoms with van der Waals surface area (Å²) < 4.78 is 5.35. The minimum atomic E-state index is -1.18. The summed E-state index contributed by atoms with van der Waals surface area (Å²) in [5.41, 5.74) is 6.43. The molecule has 1 aliphatic rings. The molecule has 1 unspecified atom stereocenters. The number of aryl methyl sites for hydroxylation is 1. The van der Waals surface area contributed by atoms with E-state index in [0.717, 1.165) is 21.8 Å². The zero-order valence-corrected chi connectivity index (χ0v) is 25.4. The highest BCUT2D eigenvalue weighted by Crippen LogP contribution is 2.27. The Hall–Kier alpha value is -5.06. The molecule has 1 saturated heterocycles. The molecule has 1 fully saturated rings. The predicted molar refractivity (Wildman–Crippen MR) is 176 cm³/mol. The van der Waals surface area contributed by atoms with Crippen LogP contribution in [0.1, 0.15) is 21.5 Å². The van der Waals surface area contributed by atoms with E-state index >= 15 is 0 Å². The van der Waals surface area contributed by atoms with Gasteiger partial charge in [-0.2, -0.15) is 5.01 Å². The van der Waals surface area contributed by atoms with Gasteiger partial charge in [0.15, 0.2) is 0 Å². The number of ether oxygens (including phenoxy) is 1. The standard InChI is InChI=1S/C33H28ClN5O4S/c1-21-7-3-5-9-28(21)36-20-27-31(41)38(26-17-13-24(34)14-18-26)33(44)39(32(27)42)37-30(40)22-11-15-25(16-12-22)35-19-23-8-4-6-10-29(23)43-2/h3-19,27,36H,20H2,1-2H3,(H,37,40). The zero-order chi connectivity index (χ0) is 31.2. The first-order valence-corrected chi connectivity index (χ1v) is 14.4. The van der Waals surface area contributed by atoms with Crippen molar-refractivity contribution in [1.29, 1.82) is 0 Å². The lowest BCUT2D eigenvalue weighted by atomic mass is 10.0. The summed E-state index contributed by atoms with van der Waals surface area (Å²) in [7, 11) is 1.59. The molecule has 11 heteroatoms. The van der Waals surface area contributed by atoms with Gasteiger partial charge in [-0.3, -0.25) is 29.7 Å². The maximum Gasteiger partial charge on any atom is 0.270 e. The summed E-state index contributed by atoms with van der Waals surface area (Å²) >= 11 is 11.6. The Morgan fingerprint density at radius 1 is 0.955 bits per heavy atom. The van der Waals surface area contributed by atoms with Crippen LogP contribution in [0, 0.1) is 12.8 Å². The fraction of sp³-hybridized carbons (Fsp3) is 0.121. The third kappa shape index (κ3) is 6.61. The Balaban J connectivity index is 1.36. The lowest BCUT2D eigenvalue weighted by Gasteiger charge is -2.39. The second-order valence-electron chi connectivity index (χ2n) is 9.84. The molecule has 9 nitrogen and oxygen atoms in total. The molecular formula is C33H28ClN5O4S. The number of amides is 3. The van der Waals surface area contributed by atoms with Crippen LogP contribution in [0.3, 0.4) is 0 Å². The molecule has 0 radical (unpaired) electrons. The fourth-order valence-electron chi connectivity index (χ4n) is 4.58. The number of methoxy groups -OCH3 is 1. The molecule has 0 aromatic heterocycles. The number of rotatable bonds is 9. The van der Waals surface area contributed by atoms with Crippen LogP contribution >= 0.6 is 23.8 Å². The summed E-state index contributed by atoms with van der Waals surface area (Å²) in [5.74, 6) is -2.25. The topological polar surface area (TPSA) is 103 Å². The van der Waals surface area contributed by atoms with Crippen molar-refractivity contribution in [3.05, 3.63) is 119 Å². The van der Waals surface area contributed by atoms with Crippen LogP contribution < -0.4 is 20.4 Å². The van der Waals surface area contributed by atoms with Crippen LogP contribution in [0.2, 0.25) is 5.02 Å². The minimum Gasteiger partial charge on any atom is -0.496 e. The quantitative estimate of drug-likeness (QED) is 0.136. The first kappa shape index (κ1) is 30.4. The number of nitrogens with one attached hydrogen (secondary N) is 2. The number of anilines is 2. The second kappa shape index (κ2) is 13.5. The molecule has 222 valence electrons. The van der Waals surface area contributed by atoms with Crippen molar-refractivity contribution in [2.24, 2.45) is 10.9 Å². The van der Waals surface area contributed by atoms with Crippen LogP contribution in [0.4, 0.5) is 17.1 Å². The van der Waals surface area contributed by atoms with Gasteiger partial charge >= 0.3 is 0 Å². The van der Waals surface area contributed by atoms with Gasteiger partial charge in [-0.1, -0.05) is 41.9 Å². The smallest absolute Gasteiger partial charge is 0.270 e.